The number of fused-ring (bicyclic) bond motifs is 1. The number of rotatable bonds is 5. The molecule has 0 aromatic heterocycles. The zero-order valence-corrected chi connectivity index (χ0v) is 21.8. The van der Waals surface area contributed by atoms with E-state index < -0.39 is 11.9 Å². The molecule has 3 amide bonds. The van der Waals surface area contributed by atoms with E-state index in [4.69, 9.17) is 21.1 Å². The van der Waals surface area contributed by atoms with Crippen molar-refractivity contribution in [2.75, 3.05) is 23.5 Å². The summed E-state index contributed by atoms with van der Waals surface area (Å²) in [6.07, 6.45) is 2.43. The number of carbonyl (C=O) groups is 4. The molecular formula is C28H29ClN2O6. The summed E-state index contributed by atoms with van der Waals surface area (Å²) in [5, 5.41) is 0.453. The zero-order valence-electron chi connectivity index (χ0n) is 21.0. The second-order valence-electron chi connectivity index (χ2n) is 10.2. The molecule has 2 aromatic rings. The molecule has 0 bridgehead atoms. The van der Waals surface area contributed by atoms with Crippen LogP contribution in [0.4, 0.5) is 11.4 Å². The number of hydrogen-bond acceptors (Lipinski definition) is 6. The second kappa shape index (κ2) is 9.82. The first-order valence-corrected chi connectivity index (χ1v) is 12.9. The number of amides is 3. The van der Waals surface area contributed by atoms with E-state index in [0.717, 1.165) is 19.3 Å². The molecule has 3 fully saturated rings. The monoisotopic (exact) mass is 524 g/mol. The quantitative estimate of drug-likeness (QED) is 0.324. The van der Waals surface area contributed by atoms with E-state index >= 15 is 0 Å². The van der Waals surface area contributed by atoms with Crippen LogP contribution in [0.15, 0.2) is 36.4 Å². The predicted octanol–water partition coefficient (Wildman–Crippen LogP) is 4.54. The summed E-state index contributed by atoms with van der Waals surface area (Å²) in [7, 11) is 1.50. The van der Waals surface area contributed by atoms with Crippen LogP contribution in [-0.4, -0.2) is 37.3 Å². The lowest BCUT2D eigenvalue weighted by atomic mass is 9.76. The van der Waals surface area contributed by atoms with Gasteiger partial charge < -0.3 is 14.4 Å². The summed E-state index contributed by atoms with van der Waals surface area (Å²) in [4.78, 5) is 54.6. The Balaban J connectivity index is 1.29. The number of aryl methyl sites for hydroxylation is 1. The van der Waals surface area contributed by atoms with E-state index in [1.54, 1.807) is 43.3 Å². The molecule has 2 heterocycles. The zero-order chi connectivity index (χ0) is 26.4. The van der Waals surface area contributed by atoms with Gasteiger partial charge in [-0.05, 0) is 74.1 Å². The highest BCUT2D eigenvalue weighted by Crippen LogP contribution is 2.43. The number of benzene rings is 2. The van der Waals surface area contributed by atoms with Crippen molar-refractivity contribution >= 4 is 46.7 Å². The second-order valence-corrected chi connectivity index (χ2v) is 10.7. The molecule has 9 heteroatoms. The number of carbonyl (C=O) groups excluding carboxylic acids is 4. The van der Waals surface area contributed by atoms with Gasteiger partial charge in [0.25, 0.3) is 0 Å². The summed E-state index contributed by atoms with van der Waals surface area (Å²) >= 11 is 6.11. The van der Waals surface area contributed by atoms with Gasteiger partial charge >= 0.3 is 5.97 Å². The smallest absolute Gasteiger partial charge is 0.316 e. The van der Waals surface area contributed by atoms with Gasteiger partial charge in [0, 0.05) is 18.0 Å². The third kappa shape index (κ3) is 4.59. The summed E-state index contributed by atoms with van der Waals surface area (Å²) in [6.45, 7) is 4.04. The molecule has 4 atom stereocenters. The number of hydrogen-bond donors (Lipinski definition) is 0. The minimum atomic E-state index is -0.664. The van der Waals surface area contributed by atoms with Crippen molar-refractivity contribution in [2.45, 2.75) is 39.5 Å². The molecule has 1 saturated carbocycles. The highest BCUT2D eigenvalue weighted by Gasteiger charge is 2.50. The third-order valence-electron chi connectivity index (χ3n) is 7.71. The molecule has 5 rings (SSSR count). The molecule has 0 N–H and O–H groups in total. The predicted molar refractivity (Wildman–Crippen MR) is 138 cm³/mol. The number of imide groups is 1. The van der Waals surface area contributed by atoms with Gasteiger partial charge in [-0.25, -0.2) is 4.90 Å². The maximum absolute atomic E-state index is 13.1. The van der Waals surface area contributed by atoms with Crippen molar-refractivity contribution in [2.24, 2.45) is 23.7 Å². The summed E-state index contributed by atoms with van der Waals surface area (Å²) in [6, 6.07) is 9.85. The molecule has 2 aromatic carbocycles. The first-order chi connectivity index (χ1) is 17.7. The van der Waals surface area contributed by atoms with Crippen LogP contribution >= 0.6 is 11.6 Å². The third-order valence-corrected chi connectivity index (χ3v) is 7.94. The highest BCUT2D eigenvalue weighted by molar-refractivity contribution is 6.31. The van der Waals surface area contributed by atoms with Gasteiger partial charge in [-0.3, -0.25) is 19.2 Å². The van der Waals surface area contributed by atoms with Crippen molar-refractivity contribution in [3.8, 4) is 11.5 Å². The van der Waals surface area contributed by atoms with Crippen molar-refractivity contribution in [3.05, 3.63) is 47.0 Å². The van der Waals surface area contributed by atoms with Crippen LogP contribution in [0.2, 0.25) is 5.02 Å². The van der Waals surface area contributed by atoms with Crippen LogP contribution in [-0.2, 0) is 19.2 Å². The average Bonchev–Trinajstić information content (AvgIpc) is 3.36. The fourth-order valence-electron chi connectivity index (χ4n) is 5.74. The van der Waals surface area contributed by atoms with E-state index in [0.29, 0.717) is 39.4 Å². The molecule has 37 heavy (non-hydrogen) atoms. The van der Waals surface area contributed by atoms with E-state index in [9.17, 15) is 19.2 Å². The lowest BCUT2D eigenvalue weighted by Crippen LogP contribution is -2.31. The normalized spacial score (nSPS) is 25.5. The summed E-state index contributed by atoms with van der Waals surface area (Å²) < 4.78 is 11.0. The minimum Gasteiger partial charge on any atom is -0.495 e. The van der Waals surface area contributed by atoms with Crippen LogP contribution in [0.3, 0.4) is 0 Å². The molecule has 8 nitrogen and oxygen atoms in total. The fourth-order valence-corrected chi connectivity index (χ4v) is 5.91. The highest BCUT2D eigenvalue weighted by atomic mass is 35.5. The van der Waals surface area contributed by atoms with E-state index in [-0.39, 0.29) is 42.5 Å². The van der Waals surface area contributed by atoms with E-state index in [1.165, 1.54) is 16.9 Å². The molecule has 0 radical (unpaired) electrons. The lowest BCUT2D eigenvalue weighted by Gasteiger charge is -2.25. The number of anilines is 2. The Morgan fingerprint density at radius 3 is 2.49 bits per heavy atom. The van der Waals surface area contributed by atoms with Crippen LogP contribution in [0.25, 0.3) is 0 Å². The van der Waals surface area contributed by atoms with Gasteiger partial charge in [-0.15, -0.1) is 0 Å². The van der Waals surface area contributed by atoms with Gasteiger partial charge in [-0.1, -0.05) is 18.5 Å². The molecule has 2 saturated heterocycles. The fraction of sp³-hybridized carbons (Fsp3) is 0.429. The van der Waals surface area contributed by atoms with Crippen molar-refractivity contribution < 1.29 is 28.7 Å². The Kier molecular flexibility index (Phi) is 6.70. The van der Waals surface area contributed by atoms with Gasteiger partial charge in [0.05, 0.1) is 36.2 Å². The van der Waals surface area contributed by atoms with Gasteiger partial charge in [0.15, 0.2) is 0 Å². The SMILES string of the molecule is COc1ccc(Cl)cc1N1C[C@H](C(=O)Oc2ccc(N3C(=O)[C@H]4C[C@@H](C)CC[C@H]4C3=O)c(C)c2)CC1=O. The molecule has 0 spiro atoms. The van der Waals surface area contributed by atoms with Crippen LogP contribution in [0, 0.1) is 30.6 Å². The van der Waals surface area contributed by atoms with E-state index in [1.807, 2.05) is 0 Å². The van der Waals surface area contributed by atoms with Gasteiger partial charge in [-0.2, -0.15) is 0 Å². The molecule has 2 aliphatic heterocycles. The van der Waals surface area contributed by atoms with Crippen LogP contribution in [0.5, 0.6) is 11.5 Å². The Hall–Kier alpha value is -3.39. The number of halogens is 1. The van der Waals surface area contributed by atoms with Gasteiger partial charge in [0.2, 0.25) is 17.7 Å². The van der Waals surface area contributed by atoms with Crippen LogP contribution < -0.4 is 19.3 Å². The topological polar surface area (TPSA) is 93.2 Å². The maximum atomic E-state index is 13.1. The first-order valence-electron chi connectivity index (χ1n) is 12.5. The molecule has 1 aliphatic carbocycles. The average molecular weight is 525 g/mol. The Morgan fingerprint density at radius 2 is 1.76 bits per heavy atom. The van der Waals surface area contributed by atoms with Crippen molar-refractivity contribution in [1.29, 1.82) is 0 Å². The summed E-state index contributed by atoms with van der Waals surface area (Å²) in [5.74, 6) is -1.00. The van der Waals surface area contributed by atoms with Gasteiger partial charge in [0.1, 0.15) is 11.5 Å². The Labute approximate surface area is 220 Å². The molecule has 0 unspecified atom stereocenters. The molecule has 3 aliphatic rings. The first kappa shape index (κ1) is 25.3. The molecular weight excluding hydrogens is 496 g/mol. The number of esters is 1. The Morgan fingerprint density at radius 1 is 1.00 bits per heavy atom. The molecule has 194 valence electrons. The van der Waals surface area contributed by atoms with Crippen LogP contribution in [0.1, 0.15) is 38.2 Å². The largest absolute Gasteiger partial charge is 0.495 e. The Bertz CT molecular complexity index is 1290. The maximum Gasteiger partial charge on any atom is 0.316 e. The van der Waals surface area contributed by atoms with E-state index in [2.05, 4.69) is 6.92 Å². The van der Waals surface area contributed by atoms with Crippen molar-refractivity contribution in [1.82, 2.24) is 0 Å². The standard InChI is InChI=1S/C28H29ClN2O6/c1-15-4-7-20-21(10-15)27(34)31(26(20)33)22-8-6-19(11-16(22)2)37-28(35)17-12-25(32)30(14-17)23-13-18(29)5-9-24(23)36-3/h5-6,8-9,11,13,15,17,20-21H,4,7,10,12,14H2,1-3H3/t15-,17+,20+,21-/m0/s1. The lowest BCUT2D eigenvalue weighted by molar-refractivity contribution is -0.139. The van der Waals surface area contributed by atoms with Crippen molar-refractivity contribution in [3.63, 3.8) is 0 Å². The minimum absolute atomic E-state index is 0.00352. The number of methoxy groups -OCH3 is 1. The number of ether oxygens (including phenoxy) is 2. The number of nitrogens with zero attached hydrogens (tertiary/aromatic N) is 2. The summed E-state index contributed by atoms with van der Waals surface area (Å²) in [5.41, 5.74) is 1.68.